The Balaban J connectivity index is 2.36. The zero-order valence-electron chi connectivity index (χ0n) is 7.84. The monoisotopic (exact) mass is 217 g/mol. The van der Waals surface area contributed by atoms with Crippen molar-refractivity contribution in [2.75, 3.05) is 6.61 Å². The molecule has 15 heavy (non-hydrogen) atoms. The first-order valence-electron chi connectivity index (χ1n) is 4.61. The molecule has 82 valence electrons. The minimum Gasteiger partial charge on any atom is -0.372 e. The molecule has 1 aromatic rings. The summed E-state index contributed by atoms with van der Waals surface area (Å²) < 4.78 is 43.7. The highest BCUT2D eigenvalue weighted by Crippen LogP contribution is 2.29. The van der Waals surface area contributed by atoms with Crippen LogP contribution in [0.4, 0.5) is 13.2 Å². The molecule has 5 heteroatoms. The van der Waals surface area contributed by atoms with Gasteiger partial charge in [0.25, 0.3) is 0 Å². The SMILES string of the molecule is NC1CCOC1c1cc(F)c(F)c(F)c1. The highest BCUT2D eigenvalue weighted by atomic mass is 19.2. The number of nitrogens with two attached hydrogens (primary N) is 1. The summed E-state index contributed by atoms with van der Waals surface area (Å²) in [5, 5.41) is 0. The fourth-order valence-corrected chi connectivity index (χ4v) is 1.69. The van der Waals surface area contributed by atoms with Crippen molar-refractivity contribution in [2.24, 2.45) is 5.73 Å². The van der Waals surface area contributed by atoms with E-state index in [2.05, 4.69) is 0 Å². The van der Waals surface area contributed by atoms with Gasteiger partial charge in [0.1, 0.15) is 0 Å². The Labute approximate surface area is 84.8 Å². The summed E-state index contributed by atoms with van der Waals surface area (Å²) in [6.45, 7) is 0.451. The molecular weight excluding hydrogens is 207 g/mol. The van der Waals surface area contributed by atoms with Crippen LogP contribution in [-0.4, -0.2) is 12.6 Å². The van der Waals surface area contributed by atoms with E-state index in [0.717, 1.165) is 12.1 Å². The van der Waals surface area contributed by atoms with Crippen molar-refractivity contribution in [1.82, 2.24) is 0 Å². The molecule has 2 nitrogen and oxygen atoms in total. The smallest absolute Gasteiger partial charge is 0.194 e. The summed E-state index contributed by atoms with van der Waals surface area (Å²) in [6.07, 6.45) is 0.0836. The van der Waals surface area contributed by atoms with Gasteiger partial charge in [0.05, 0.1) is 6.10 Å². The predicted molar refractivity (Wildman–Crippen MR) is 47.6 cm³/mol. The van der Waals surface area contributed by atoms with Gasteiger partial charge in [-0.2, -0.15) is 0 Å². The number of ether oxygens (including phenoxy) is 1. The lowest BCUT2D eigenvalue weighted by Crippen LogP contribution is -2.23. The van der Waals surface area contributed by atoms with E-state index in [0.29, 0.717) is 13.0 Å². The molecule has 1 aromatic carbocycles. The van der Waals surface area contributed by atoms with Gasteiger partial charge in [-0.3, -0.25) is 0 Å². The van der Waals surface area contributed by atoms with Crippen molar-refractivity contribution in [3.63, 3.8) is 0 Å². The van der Waals surface area contributed by atoms with E-state index >= 15 is 0 Å². The standard InChI is InChI=1S/C10H10F3NO/c11-6-3-5(4-7(12)9(6)13)10-8(14)1-2-15-10/h3-4,8,10H,1-2,14H2. The van der Waals surface area contributed by atoms with Crippen molar-refractivity contribution in [3.8, 4) is 0 Å². The van der Waals surface area contributed by atoms with Gasteiger partial charge >= 0.3 is 0 Å². The number of benzene rings is 1. The highest BCUT2D eigenvalue weighted by Gasteiger charge is 2.28. The lowest BCUT2D eigenvalue weighted by atomic mass is 10.0. The highest BCUT2D eigenvalue weighted by molar-refractivity contribution is 5.23. The number of halogens is 3. The number of hydrogen-bond donors (Lipinski definition) is 1. The topological polar surface area (TPSA) is 35.2 Å². The quantitative estimate of drug-likeness (QED) is 0.729. The zero-order chi connectivity index (χ0) is 11.0. The van der Waals surface area contributed by atoms with Crippen molar-refractivity contribution >= 4 is 0 Å². The van der Waals surface area contributed by atoms with Crippen molar-refractivity contribution < 1.29 is 17.9 Å². The van der Waals surface area contributed by atoms with Crippen molar-refractivity contribution in [3.05, 3.63) is 35.1 Å². The lowest BCUT2D eigenvalue weighted by Gasteiger charge is -2.15. The van der Waals surface area contributed by atoms with Crippen LogP contribution in [-0.2, 0) is 4.74 Å². The maximum absolute atomic E-state index is 12.9. The molecule has 0 spiro atoms. The first-order valence-corrected chi connectivity index (χ1v) is 4.61. The van der Waals surface area contributed by atoms with E-state index in [4.69, 9.17) is 10.5 Å². The van der Waals surface area contributed by atoms with E-state index in [-0.39, 0.29) is 11.6 Å². The molecular formula is C10H10F3NO. The summed E-state index contributed by atoms with van der Waals surface area (Å²) in [4.78, 5) is 0. The van der Waals surface area contributed by atoms with Gasteiger partial charge in [-0.1, -0.05) is 0 Å². The van der Waals surface area contributed by atoms with Gasteiger partial charge in [-0.25, -0.2) is 13.2 Å². The van der Waals surface area contributed by atoms with Gasteiger partial charge < -0.3 is 10.5 Å². The van der Waals surface area contributed by atoms with Crippen LogP contribution in [0, 0.1) is 17.5 Å². The average Bonchev–Trinajstić information content (AvgIpc) is 2.60. The van der Waals surface area contributed by atoms with Crippen LogP contribution in [0.3, 0.4) is 0 Å². The van der Waals surface area contributed by atoms with Crippen LogP contribution in [0.15, 0.2) is 12.1 Å². The Kier molecular flexibility index (Phi) is 2.67. The molecule has 1 aliphatic heterocycles. The molecule has 2 rings (SSSR count). The van der Waals surface area contributed by atoms with E-state index in [9.17, 15) is 13.2 Å². The fourth-order valence-electron chi connectivity index (χ4n) is 1.69. The summed E-state index contributed by atoms with van der Waals surface area (Å²) >= 11 is 0. The molecule has 1 fully saturated rings. The maximum atomic E-state index is 12.9. The van der Waals surface area contributed by atoms with Gasteiger partial charge in [0, 0.05) is 12.6 Å². The largest absolute Gasteiger partial charge is 0.372 e. The van der Waals surface area contributed by atoms with Crippen LogP contribution in [0.5, 0.6) is 0 Å². The normalized spacial score (nSPS) is 25.9. The third kappa shape index (κ3) is 1.85. The Morgan fingerprint density at radius 1 is 1.20 bits per heavy atom. The van der Waals surface area contributed by atoms with Gasteiger partial charge in [0.15, 0.2) is 17.5 Å². The number of rotatable bonds is 1. The Morgan fingerprint density at radius 2 is 1.80 bits per heavy atom. The fraction of sp³-hybridized carbons (Fsp3) is 0.400. The third-order valence-electron chi connectivity index (χ3n) is 2.47. The van der Waals surface area contributed by atoms with E-state index < -0.39 is 23.6 Å². The van der Waals surface area contributed by atoms with Gasteiger partial charge in [-0.15, -0.1) is 0 Å². The van der Waals surface area contributed by atoms with E-state index in [1.807, 2.05) is 0 Å². The van der Waals surface area contributed by atoms with Gasteiger partial charge in [0.2, 0.25) is 0 Å². The molecule has 1 aliphatic rings. The van der Waals surface area contributed by atoms with E-state index in [1.165, 1.54) is 0 Å². The first kappa shape index (κ1) is 10.4. The van der Waals surface area contributed by atoms with Gasteiger partial charge in [-0.05, 0) is 24.1 Å². The molecule has 1 heterocycles. The van der Waals surface area contributed by atoms with Crippen LogP contribution in [0.1, 0.15) is 18.1 Å². The molecule has 0 aromatic heterocycles. The Bertz CT molecular complexity index is 360. The van der Waals surface area contributed by atoms with Crippen LogP contribution in [0.2, 0.25) is 0 Å². The Morgan fingerprint density at radius 3 is 2.27 bits per heavy atom. The third-order valence-corrected chi connectivity index (χ3v) is 2.47. The molecule has 2 atom stereocenters. The van der Waals surface area contributed by atoms with Crippen LogP contribution < -0.4 is 5.73 Å². The molecule has 0 radical (unpaired) electrons. The van der Waals surface area contributed by atoms with Crippen LogP contribution in [0.25, 0.3) is 0 Å². The molecule has 0 amide bonds. The molecule has 1 saturated heterocycles. The molecule has 0 saturated carbocycles. The molecule has 0 bridgehead atoms. The summed E-state index contributed by atoms with van der Waals surface area (Å²) in [6, 6.07) is 1.55. The second-order valence-corrected chi connectivity index (χ2v) is 3.54. The predicted octanol–water partition coefficient (Wildman–Crippen LogP) is 1.89. The zero-order valence-corrected chi connectivity index (χ0v) is 7.84. The average molecular weight is 217 g/mol. The Hall–Kier alpha value is -1.07. The second-order valence-electron chi connectivity index (χ2n) is 3.54. The minimum absolute atomic E-state index is 0.247. The second kappa shape index (κ2) is 3.83. The molecule has 0 aliphatic carbocycles. The molecule has 2 N–H and O–H groups in total. The summed E-state index contributed by atoms with van der Waals surface area (Å²) in [5.41, 5.74) is 5.93. The first-order chi connectivity index (χ1) is 7.09. The lowest BCUT2D eigenvalue weighted by molar-refractivity contribution is 0.104. The maximum Gasteiger partial charge on any atom is 0.194 e. The van der Waals surface area contributed by atoms with Crippen molar-refractivity contribution in [1.29, 1.82) is 0 Å². The molecule has 2 unspecified atom stereocenters. The number of hydrogen-bond acceptors (Lipinski definition) is 2. The van der Waals surface area contributed by atoms with Crippen molar-refractivity contribution in [2.45, 2.75) is 18.6 Å². The minimum atomic E-state index is -1.47. The summed E-state index contributed by atoms with van der Waals surface area (Å²) in [7, 11) is 0. The van der Waals surface area contributed by atoms with E-state index in [1.54, 1.807) is 0 Å². The van der Waals surface area contributed by atoms with Crippen LogP contribution >= 0.6 is 0 Å². The summed E-state index contributed by atoms with van der Waals surface area (Å²) in [5.74, 6) is -3.90.